The van der Waals surface area contributed by atoms with Crippen LogP contribution in [0.3, 0.4) is 0 Å². The van der Waals surface area contributed by atoms with Crippen LogP contribution in [0, 0.1) is 0 Å². The molecule has 0 spiro atoms. The Morgan fingerprint density at radius 2 is 1.92 bits per heavy atom. The van der Waals surface area contributed by atoms with Crippen LogP contribution in [0.1, 0.15) is 25.0 Å². The molecule has 6 rings (SSSR count). The maximum atomic E-state index is 13.7. The first-order chi connectivity index (χ1) is 12.5. The van der Waals surface area contributed by atoms with Gasteiger partial charge in [-0.15, -0.1) is 0 Å². The van der Waals surface area contributed by atoms with Gasteiger partial charge in [0.05, 0.1) is 29.7 Å². The summed E-state index contributed by atoms with van der Waals surface area (Å²) in [4.78, 5) is 32.4. The van der Waals surface area contributed by atoms with Crippen LogP contribution in [0.15, 0.2) is 36.8 Å². The number of rotatable bonds is 4. The highest BCUT2D eigenvalue weighted by Gasteiger charge is 2.73. The van der Waals surface area contributed by atoms with Crippen molar-refractivity contribution in [1.82, 2.24) is 24.6 Å². The van der Waals surface area contributed by atoms with E-state index in [1.54, 1.807) is 22.0 Å². The van der Waals surface area contributed by atoms with Gasteiger partial charge in [-0.25, -0.2) is 9.07 Å². The van der Waals surface area contributed by atoms with Gasteiger partial charge in [0, 0.05) is 44.7 Å². The van der Waals surface area contributed by atoms with Crippen LogP contribution in [-0.2, 0) is 16.1 Å². The van der Waals surface area contributed by atoms with Crippen LogP contribution < -0.4 is 0 Å². The van der Waals surface area contributed by atoms with Gasteiger partial charge >= 0.3 is 11.8 Å². The van der Waals surface area contributed by atoms with Crippen molar-refractivity contribution in [2.45, 2.75) is 37.0 Å². The van der Waals surface area contributed by atoms with Crippen molar-refractivity contribution in [3.63, 3.8) is 0 Å². The van der Waals surface area contributed by atoms with Crippen molar-refractivity contribution in [3.05, 3.63) is 42.5 Å². The quantitative estimate of drug-likeness (QED) is 0.770. The first-order valence-corrected chi connectivity index (χ1v) is 8.73. The van der Waals surface area contributed by atoms with Gasteiger partial charge in [0.15, 0.2) is 0 Å². The largest absolute Gasteiger partial charge is 0.327 e. The van der Waals surface area contributed by atoms with Crippen molar-refractivity contribution in [2.75, 3.05) is 13.1 Å². The Balaban J connectivity index is 1.26. The lowest BCUT2D eigenvalue weighted by Gasteiger charge is -2.69. The summed E-state index contributed by atoms with van der Waals surface area (Å²) >= 11 is 0. The fraction of sp³-hybridized carbons (Fsp3) is 0.444. The molecule has 0 radical (unpaired) electrons. The Morgan fingerprint density at radius 3 is 2.54 bits per heavy atom. The summed E-state index contributed by atoms with van der Waals surface area (Å²) < 4.78 is 15.4. The Kier molecular flexibility index (Phi) is 3.05. The number of piperazine rings is 1. The van der Waals surface area contributed by atoms with Crippen LogP contribution in [0.4, 0.5) is 4.39 Å². The monoisotopic (exact) mass is 355 g/mol. The molecule has 4 fully saturated rings. The second-order valence-corrected chi connectivity index (χ2v) is 7.55. The number of carbonyl (C=O) groups excluding carboxylic acids is 2. The average molecular weight is 355 g/mol. The van der Waals surface area contributed by atoms with Gasteiger partial charge in [-0.05, 0) is 18.2 Å². The fourth-order valence-corrected chi connectivity index (χ4v) is 4.44. The normalized spacial score (nSPS) is 30.2. The lowest BCUT2D eigenvalue weighted by Crippen LogP contribution is -2.79. The number of aromatic nitrogens is 3. The number of hydrogen-bond donors (Lipinski definition) is 0. The highest BCUT2D eigenvalue weighted by atomic mass is 19.1. The predicted molar refractivity (Wildman–Crippen MR) is 88.9 cm³/mol. The number of carbonyl (C=O) groups is 2. The number of amides is 2. The van der Waals surface area contributed by atoms with Crippen LogP contribution >= 0.6 is 0 Å². The summed E-state index contributed by atoms with van der Waals surface area (Å²) in [6.07, 6.45) is 6.35. The third-order valence-corrected chi connectivity index (χ3v) is 5.75. The fourth-order valence-electron chi connectivity index (χ4n) is 4.44. The van der Waals surface area contributed by atoms with Gasteiger partial charge in [0.25, 0.3) is 0 Å². The van der Waals surface area contributed by atoms with E-state index in [-0.39, 0.29) is 6.54 Å². The molecule has 3 heterocycles. The first kappa shape index (κ1) is 15.5. The molecule has 2 bridgehead atoms. The molecule has 1 saturated heterocycles. The second kappa shape index (κ2) is 5.12. The van der Waals surface area contributed by atoms with Gasteiger partial charge in [0.2, 0.25) is 0 Å². The van der Waals surface area contributed by atoms with Gasteiger partial charge in [-0.1, -0.05) is 0 Å². The summed E-state index contributed by atoms with van der Waals surface area (Å²) in [7, 11) is 0. The molecule has 3 aliphatic carbocycles. The molecule has 134 valence electrons. The highest BCUT2D eigenvalue weighted by molar-refractivity contribution is 6.35. The summed E-state index contributed by atoms with van der Waals surface area (Å²) in [5.41, 5.74) is 0.0660. The number of alkyl halides is 1. The predicted octanol–water partition coefficient (Wildman–Crippen LogP) is 1.08. The van der Waals surface area contributed by atoms with E-state index < -0.39 is 23.0 Å². The third kappa shape index (κ3) is 2.17. The van der Waals surface area contributed by atoms with Gasteiger partial charge < -0.3 is 9.80 Å². The molecule has 0 aromatic carbocycles. The molecule has 0 N–H and O–H groups in total. The minimum atomic E-state index is -1.08. The number of nitrogens with zero attached hydrogens (tertiary/aromatic N) is 5. The molecular formula is C18H18FN5O2. The molecule has 7 nitrogen and oxygen atoms in total. The van der Waals surface area contributed by atoms with Crippen molar-refractivity contribution >= 4 is 11.8 Å². The zero-order chi connectivity index (χ0) is 17.9. The van der Waals surface area contributed by atoms with Crippen LogP contribution in [0.2, 0.25) is 0 Å². The molecule has 2 amide bonds. The Labute approximate surface area is 149 Å². The van der Waals surface area contributed by atoms with Gasteiger partial charge in [-0.2, -0.15) is 5.10 Å². The molecule has 0 atom stereocenters. The van der Waals surface area contributed by atoms with E-state index in [9.17, 15) is 14.0 Å². The molecule has 1 aliphatic heterocycles. The molecule has 8 heteroatoms. The van der Waals surface area contributed by atoms with Crippen LogP contribution in [-0.4, -0.2) is 60.7 Å². The lowest BCUT2D eigenvalue weighted by molar-refractivity contribution is -0.230. The summed E-state index contributed by atoms with van der Waals surface area (Å²) in [6, 6.07) is 5.53. The molecule has 2 aromatic rings. The molecule has 2 aromatic heterocycles. The van der Waals surface area contributed by atoms with Gasteiger partial charge in [-0.3, -0.25) is 14.6 Å². The lowest BCUT2D eigenvalue weighted by atomic mass is 9.46. The van der Waals surface area contributed by atoms with E-state index in [1.807, 2.05) is 24.4 Å². The summed E-state index contributed by atoms with van der Waals surface area (Å²) in [5.74, 6) is -1.03. The first-order valence-electron chi connectivity index (χ1n) is 8.73. The van der Waals surface area contributed by atoms with Crippen molar-refractivity contribution < 1.29 is 14.0 Å². The molecule has 26 heavy (non-hydrogen) atoms. The van der Waals surface area contributed by atoms with Crippen molar-refractivity contribution in [3.8, 4) is 5.69 Å². The van der Waals surface area contributed by atoms with E-state index in [0.717, 1.165) is 5.69 Å². The maximum absolute atomic E-state index is 13.7. The van der Waals surface area contributed by atoms with Gasteiger partial charge in [0.1, 0.15) is 5.67 Å². The zero-order valence-electron chi connectivity index (χ0n) is 14.1. The van der Waals surface area contributed by atoms with E-state index >= 15 is 0 Å². The van der Waals surface area contributed by atoms with Crippen LogP contribution in [0.25, 0.3) is 5.69 Å². The molecule has 3 saturated carbocycles. The number of halogens is 1. The maximum Gasteiger partial charge on any atom is 0.312 e. The Morgan fingerprint density at radius 1 is 1.12 bits per heavy atom. The smallest absolute Gasteiger partial charge is 0.312 e. The average Bonchev–Trinajstić information content (AvgIpc) is 3.11. The molecule has 0 unspecified atom stereocenters. The molecule has 4 aliphatic rings. The third-order valence-electron chi connectivity index (χ3n) is 5.75. The van der Waals surface area contributed by atoms with E-state index in [0.29, 0.717) is 38.0 Å². The zero-order valence-corrected chi connectivity index (χ0v) is 14.1. The topological polar surface area (TPSA) is 71.3 Å². The van der Waals surface area contributed by atoms with E-state index in [4.69, 9.17) is 0 Å². The number of hydrogen-bond acceptors (Lipinski definition) is 4. The van der Waals surface area contributed by atoms with Crippen LogP contribution in [0.5, 0.6) is 0 Å². The Hall–Kier alpha value is -2.77. The summed E-state index contributed by atoms with van der Waals surface area (Å²) in [6.45, 7) is 1.21. The SMILES string of the molecule is O=C1C(=O)N(C23CC(F)(C2)C3)CCN1Cc1ccc(-n2cccn2)cn1. The Bertz CT molecular complexity index is 860. The van der Waals surface area contributed by atoms with E-state index in [2.05, 4.69) is 10.1 Å². The summed E-state index contributed by atoms with van der Waals surface area (Å²) in [5, 5.41) is 4.14. The van der Waals surface area contributed by atoms with E-state index in [1.165, 1.54) is 4.90 Å². The highest BCUT2D eigenvalue weighted by Crippen LogP contribution is 2.66. The standard InChI is InChI=1S/C18H18FN5O2/c19-17-10-18(11-17,12-17)23-7-6-22(15(25)16(23)26)9-13-2-3-14(8-20-13)24-5-1-4-21-24/h1-5,8H,6-7,9-12H2. The minimum Gasteiger partial charge on any atom is -0.327 e. The minimum absolute atomic E-state index is 0.290. The number of pyridine rings is 1. The second-order valence-electron chi connectivity index (χ2n) is 7.55. The van der Waals surface area contributed by atoms with Crippen molar-refractivity contribution in [1.29, 1.82) is 0 Å². The molecular weight excluding hydrogens is 337 g/mol. The van der Waals surface area contributed by atoms with Crippen molar-refractivity contribution in [2.24, 2.45) is 0 Å².